The molecule has 1 heterocycles. The topological polar surface area (TPSA) is 48.9 Å². The van der Waals surface area contributed by atoms with Crippen LogP contribution in [0, 0.1) is 5.92 Å². The molecule has 0 aromatic heterocycles. The molecule has 1 saturated heterocycles. The van der Waals surface area contributed by atoms with E-state index in [1.54, 1.807) is 0 Å². The van der Waals surface area contributed by atoms with Gasteiger partial charge in [-0.1, -0.05) is 30.3 Å². The second-order valence-electron chi connectivity index (χ2n) is 7.19. The van der Waals surface area contributed by atoms with Gasteiger partial charge in [-0.05, 0) is 58.2 Å². The summed E-state index contributed by atoms with van der Waals surface area (Å²) in [6, 6.07) is 10.4. The fourth-order valence-electron chi connectivity index (χ4n) is 3.34. The first kappa shape index (κ1) is 20.7. The lowest BCUT2D eigenvalue weighted by Gasteiger charge is -2.28. The number of guanidine groups is 1. The number of rotatable bonds is 9. The van der Waals surface area contributed by atoms with E-state index < -0.39 is 0 Å². The maximum Gasteiger partial charge on any atom is 0.191 e. The molecule has 5 nitrogen and oxygen atoms in total. The molecule has 1 aromatic carbocycles. The van der Waals surface area contributed by atoms with Crippen molar-refractivity contribution in [2.75, 3.05) is 46.4 Å². The Bertz CT molecular complexity index is 520. The number of nitrogens with zero attached hydrogens (tertiary/aromatic N) is 2. The van der Waals surface area contributed by atoms with Crippen LogP contribution in [-0.2, 0) is 4.74 Å². The smallest absolute Gasteiger partial charge is 0.191 e. The van der Waals surface area contributed by atoms with Crippen molar-refractivity contribution >= 4 is 5.96 Å². The molecule has 1 fully saturated rings. The molecule has 0 bridgehead atoms. The lowest BCUT2D eigenvalue weighted by atomic mass is 9.99. The Hall–Kier alpha value is -1.59. The Balaban J connectivity index is 1.65. The summed E-state index contributed by atoms with van der Waals surface area (Å²) >= 11 is 0. The van der Waals surface area contributed by atoms with Crippen LogP contribution in [0.15, 0.2) is 35.3 Å². The van der Waals surface area contributed by atoms with Crippen LogP contribution in [0.2, 0.25) is 0 Å². The Morgan fingerprint density at radius 3 is 2.85 bits per heavy atom. The second kappa shape index (κ2) is 11.9. The summed E-state index contributed by atoms with van der Waals surface area (Å²) < 4.78 is 5.93. The van der Waals surface area contributed by atoms with Gasteiger partial charge in [-0.15, -0.1) is 0 Å². The quantitative estimate of drug-likeness (QED) is 0.404. The molecule has 0 aliphatic carbocycles. The zero-order valence-electron chi connectivity index (χ0n) is 16.7. The van der Waals surface area contributed by atoms with E-state index in [-0.39, 0.29) is 6.10 Å². The minimum absolute atomic E-state index is 0.140. The summed E-state index contributed by atoms with van der Waals surface area (Å²) in [5, 5.41) is 6.77. The van der Waals surface area contributed by atoms with E-state index >= 15 is 0 Å². The lowest BCUT2D eigenvalue weighted by molar-refractivity contribution is 0.0646. The van der Waals surface area contributed by atoms with Crippen LogP contribution in [0.1, 0.15) is 44.8 Å². The average molecular weight is 361 g/mol. The molecule has 1 aliphatic rings. The van der Waals surface area contributed by atoms with Gasteiger partial charge in [-0.3, -0.25) is 4.99 Å². The normalized spacial score (nSPS) is 20.0. The van der Waals surface area contributed by atoms with E-state index in [0.29, 0.717) is 5.92 Å². The molecule has 0 saturated carbocycles. The highest BCUT2D eigenvalue weighted by Gasteiger charge is 2.16. The largest absolute Gasteiger partial charge is 0.374 e. The van der Waals surface area contributed by atoms with Crippen molar-refractivity contribution in [3.63, 3.8) is 0 Å². The zero-order valence-corrected chi connectivity index (χ0v) is 16.7. The highest BCUT2D eigenvalue weighted by atomic mass is 16.5. The Morgan fingerprint density at radius 2 is 2.12 bits per heavy atom. The van der Waals surface area contributed by atoms with E-state index in [2.05, 4.69) is 60.7 Å². The Kier molecular flexibility index (Phi) is 9.50. The molecular formula is C21H36N4O. The lowest BCUT2D eigenvalue weighted by Crippen LogP contribution is -2.39. The third kappa shape index (κ3) is 7.75. The first-order chi connectivity index (χ1) is 12.7. The van der Waals surface area contributed by atoms with E-state index in [0.717, 1.165) is 45.2 Å². The van der Waals surface area contributed by atoms with Gasteiger partial charge in [-0.25, -0.2) is 0 Å². The molecule has 2 atom stereocenters. The number of likely N-dealkylation sites (tertiary alicyclic amines) is 1. The first-order valence-corrected chi connectivity index (χ1v) is 10.1. The first-order valence-electron chi connectivity index (χ1n) is 10.1. The standard InChI is InChI=1S/C21H36N4O/c1-4-22-21(24-16-19-10-8-14-25(3)17-19)23-13-9-15-26-18(2)20-11-6-5-7-12-20/h5-7,11-12,18-19H,4,8-10,13-17H2,1-3H3,(H2,22,23,24). The van der Waals surface area contributed by atoms with Crippen LogP contribution >= 0.6 is 0 Å². The Morgan fingerprint density at radius 1 is 1.31 bits per heavy atom. The van der Waals surface area contributed by atoms with E-state index in [1.165, 1.54) is 24.9 Å². The van der Waals surface area contributed by atoms with Crippen molar-refractivity contribution in [2.45, 2.75) is 39.2 Å². The molecule has 5 heteroatoms. The molecule has 1 aromatic rings. The molecule has 0 radical (unpaired) electrons. The second-order valence-corrected chi connectivity index (χ2v) is 7.19. The van der Waals surface area contributed by atoms with Gasteiger partial charge < -0.3 is 20.3 Å². The number of nitrogens with one attached hydrogen (secondary N) is 2. The fourth-order valence-corrected chi connectivity index (χ4v) is 3.34. The summed E-state index contributed by atoms with van der Waals surface area (Å²) in [6.07, 6.45) is 3.69. The minimum atomic E-state index is 0.140. The van der Waals surface area contributed by atoms with Crippen molar-refractivity contribution in [3.05, 3.63) is 35.9 Å². The van der Waals surface area contributed by atoms with Crippen molar-refractivity contribution < 1.29 is 4.74 Å². The minimum Gasteiger partial charge on any atom is -0.374 e. The number of piperidine rings is 1. The predicted molar refractivity (Wildman–Crippen MR) is 110 cm³/mol. The summed E-state index contributed by atoms with van der Waals surface area (Å²) in [5.74, 6) is 1.61. The molecule has 2 unspecified atom stereocenters. The molecule has 1 aliphatic heterocycles. The molecule has 146 valence electrons. The maximum atomic E-state index is 5.93. The molecule has 0 amide bonds. The summed E-state index contributed by atoms with van der Waals surface area (Å²) in [4.78, 5) is 7.19. The predicted octanol–water partition coefficient (Wildman–Crippen LogP) is 3.05. The summed E-state index contributed by atoms with van der Waals surface area (Å²) in [5.41, 5.74) is 1.23. The molecule has 26 heavy (non-hydrogen) atoms. The number of aliphatic imine (C=N–C) groups is 1. The van der Waals surface area contributed by atoms with Crippen LogP contribution < -0.4 is 10.6 Å². The van der Waals surface area contributed by atoms with E-state index in [4.69, 9.17) is 9.73 Å². The average Bonchev–Trinajstić information content (AvgIpc) is 2.66. The van der Waals surface area contributed by atoms with Gasteiger partial charge in [0.25, 0.3) is 0 Å². The van der Waals surface area contributed by atoms with Gasteiger partial charge >= 0.3 is 0 Å². The third-order valence-corrected chi connectivity index (χ3v) is 4.82. The highest BCUT2D eigenvalue weighted by Crippen LogP contribution is 2.16. The third-order valence-electron chi connectivity index (χ3n) is 4.82. The van der Waals surface area contributed by atoms with E-state index in [9.17, 15) is 0 Å². The van der Waals surface area contributed by atoms with Gasteiger partial charge in [0.2, 0.25) is 0 Å². The fraction of sp³-hybridized carbons (Fsp3) is 0.667. The molecular weight excluding hydrogens is 324 g/mol. The van der Waals surface area contributed by atoms with Crippen LogP contribution in [0.25, 0.3) is 0 Å². The SMILES string of the molecule is CCNC(=NCC1CCCN(C)C1)NCCCOC(C)c1ccccc1. The monoisotopic (exact) mass is 360 g/mol. The summed E-state index contributed by atoms with van der Waals surface area (Å²) in [6.45, 7) is 10.0. The van der Waals surface area contributed by atoms with Crippen molar-refractivity contribution in [1.29, 1.82) is 0 Å². The van der Waals surface area contributed by atoms with E-state index in [1.807, 2.05) is 6.07 Å². The van der Waals surface area contributed by atoms with Gasteiger partial charge in [0, 0.05) is 32.8 Å². The van der Waals surface area contributed by atoms with Gasteiger partial charge in [0.15, 0.2) is 5.96 Å². The van der Waals surface area contributed by atoms with Crippen LogP contribution in [0.3, 0.4) is 0 Å². The molecule has 0 spiro atoms. The number of benzene rings is 1. The van der Waals surface area contributed by atoms with Gasteiger partial charge in [-0.2, -0.15) is 0 Å². The zero-order chi connectivity index (χ0) is 18.6. The van der Waals surface area contributed by atoms with Crippen LogP contribution in [0.4, 0.5) is 0 Å². The van der Waals surface area contributed by atoms with Crippen molar-refractivity contribution in [2.24, 2.45) is 10.9 Å². The van der Waals surface area contributed by atoms with Crippen molar-refractivity contribution in [3.8, 4) is 0 Å². The van der Waals surface area contributed by atoms with Crippen LogP contribution in [-0.4, -0.2) is 57.2 Å². The molecule has 2 rings (SSSR count). The summed E-state index contributed by atoms with van der Waals surface area (Å²) in [7, 11) is 2.20. The van der Waals surface area contributed by atoms with Crippen molar-refractivity contribution in [1.82, 2.24) is 15.5 Å². The van der Waals surface area contributed by atoms with Gasteiger partial charge in [0.05, 0.1) is 6.10 Å². The maximum absolute atomic E-state index is 5.93. The van der Waals surface area contributed by atoms with Crippen LogP contribution in [0.5, 0.6) is 0 Å². The molecule has 2 N–H and O–H groups in total. The number of hydrogen-bond acceptors (Lipinski definition) is 3. The van der Waals surface area contributed by atoms with Gasteiger partial charge in [0.1, 0.15) is 0 Å². The Labute approximate surface area is 159 Å². The number of ether oxygens (including phenoxy) is 1. The number of hydrogen-bond donors (Lipinski definition) is 2. The highest BCUT2D eigenvalue weighted by molar-refractivity contribution is 5.79.